The van der Waals surface area contributed by atoms with Crippen molar-refractivity contribution in [1.29, 1.82) is 0 Å². The van der Waals surface area contributed by atoms with Gasteiger partial charge >= 0.3 is 0 Å². The molecule has 0 radical (unpaired) electrons. The molecule has 0 aliphatic carbocycles. The Hall–Kier alpha value is -0.340. The summed E-state index contributed by atoms with van der Waals surface area (Å²) in [7, 11) is 0. The first-order valence-electron chi connectivity index (χ1n) is 2.74. The highest BCUT2D eigenvalue weighted by atomic mass is 16.8. The Kier molecular flexibility index (Phi) is 1.36. The van der Waals surface area contributed by atoms with Crippen LogP contribution in [0.3, 0.4) is 0 Å². The van der Waals surface area contributed by atoms with E-state index in [4.69, 9.17) is 9.47 Å². The van der Waals surface area contributed by atoms with Gasteiger partial charge in [0, 0.05) is 6.61 Å². The summed E-state index contributed by atoms with van der Waals surface area (Å²) in [6.45, 7) is 6.86. The summed E-state index contributed by atoms with van der Waals surface area (Å²) in [5.74, 6) is -0.394. The van der Waals surface area contributed by atoms with E-state index in [1.54, 1.807) is 6.08 Å². The van der Waals surface area contributed by atoms with Crippen LogP contribution in [0.1, 0.15) is 6.92 Å². The summed E-state index contributed by atoms with van der Waals surface area (Å²) in [4.78, 5) is 0. The number of ether oxygens (including phenoxy) is 2. The van der Waals surface area contributed by atoms with Gasteiger partial charge in [-0.1, -0.05) is 6.58 Å². The smallest absolute Gasteiger partial charge is 0.212 e. The largest absolute Gasteiger partial charge is 0.345 e. The lowest BCUT2D eigenvalue weighted by Crippen LogP contribution is -2.11. The van der Waals surface area contributed by atoms with Crippen LogP contribution in [0.2, 0.25) is 0 Å². The Morgan fingerprint density at radius 2 is 2.62 bits per heavy atom. The van der Waals surface area contributed by atoms with E-state index < -0.39 is 5.79 Å². The Labute approximate surface area is 49.1 Å². The highest BCUT2D eigenvalue weighted by Gasteiger charge is 2.42. The number of epoxide rings is 1. The normalized spacial score (nSPS) is 34.6. The number of hydrogen-bond donors (Lipinski definition) is 0. The van der Waals surface area contributed by atoms with Crippen LogP contribution >= 0.6 is 0 Å². The van der Waals surface area contributed by atoms with Crippen molar-refractivity contribution >= 4 is 0 Å². The molecular weight excluding hydrogens is 104 g/mol. The summed E-state index contributed by atoms with van der Waals surface area (Å²) >= 11 is 0. The van der Waals surface area contributed by atoms with E-state index in [0.717, 1.165) is 0 Å². The van der Waals surface area contributed by atoms with Crippen LogP contribution < -0.4 is 0 Å². The Morgan fingerprint density at radius 3 is 2.75 bits per heavy atom. The summed E-state index contributed by atoms with van der Waals surface area (Å²) in [5, 5.41) is 0. The number of rotatable bonds is 3. The molecule has 2 nitrogen and oxygen atoms in total. The Balaban J connectivity index is 2.30. The van der Waals surface area contributed by atoms with Gasteiger partial charge in [0.25, 0.3) is 0 Å². The molecule has 2 heteroatoms. The Morgan fingerprint density at radius 1 is 2.00 bits per heavy atom. The van der Waals surface area contributed by atoms with Gasteiger partial charge in [-0.25, -0.2) is 0 Å². The first-order chi connectivity index (χ1) is 3.83. The fourth-order valence-corrected chi connectivity index (χ4v) is 0.576. The van der Waals surface area contributed by atoms with E-state index in [1.807, 2.05) is 6.92 Å². The molecule has 1 heterocycles. The number of hydrogen-bond acceptors (Lipinski definition) is 2. The summed E-state index contributed by atoms with van der Waals surface area (Å²) < 4.78 is 10.1. The zero-order valence-corrected chi connectivity index (χ0v) is 5.02. The predicted molar refractivity (Wildman–Crippen MR) is 30.5 cm³/mol. The minimum Gasteiger partial charge on any atom is -0.345 e. The fourth-order valence-electron chi connectivity index (χ4n) is 0.576. The van der Waals surface area contributed by atoms with E-state index in [1.165, 1.54) is 0 Å². The van der Waals surface area contributed by atoms with Gasteiger partial charge in [0.1, 0.15) is 6.61 Å². The third kappa shape index (κ3) is 0.904. The van der Waals surface area contributed by atoms with Crippen molar-refractivity contribution in [3.05, 3.63) is 12.7 Å². The van der Waals surface area contributed by atoms with Gasteiger partial charge in [-0.15, -0.1) is 0 Å². The maximum absolute atomic E-state index is 5.15. The predicted octanol–water partition coefficient (Wildman–Crippen LogP) is 0.935. The first-order valence-corrected chi connectivity index (χ1v) is 2.74. The zero-order valence-electron chi connectivity index (χ0n) is 5.02. The van der Waals surface area contributed by atoms with Crippen molar-refractivity contribution in [3.63, 3.8) is 0 Å². The monoisotopic (exact) mass is 114 g/mol. The van der Waals surface area contributed by atoms with Crippen molar-refractivity contribution in [3.8, 4) is 0 Å². The second kappa shape index (κ2) is 1.88. The fraction of sp³-hybridized carbons (Fsp3) is 0.667. The van der Waals surface area contributed by atoms with Crippen LogP contribution in [0.5, 0.6) is 0 Å². The standard InChI is InChI=1S/C6H10O2/c1-3-6(5-8-6)7-4-2/h3H,1,4-5H2,2H3. The highest BCUT2D eigenvalue weighted by Crippen LogP contribution is 2.28. The minimum absolute atomic E-state index is 0.394. The lowest BCUT2D eigenvalue weighted by Gasteiger charge is -2.02. The molecule has 0 aromatic rings. The molecule has 1 atom stereocenters. The first kappa shape index (κ1) is 5.79. The molecular formula is C6H10O2. The molecule has 1 aliphatic heterocycles. The quantitative estimate of drug-likeness (QED) is 0.402. The molecule has 1 rings (SSSR count). The van der Waals surface area contributed by atoms with Gasteiger partial charge in [0.05, 0.1) is 0 Å². The molecule has 0 saturated carbocycles. The molecule has 1 saturated heterocycles. The molecule has 0 aromatic carbocycles. The van der Waals surface area contributed by atoms with Crippen LogP contribution in [0.25, 0.3) is 0 Å². The maximum atomic E-state index is 5.15. The van der Waals surface area contributed by atoms with E-state index in [0.29, 0.717) is 13.2 Å². The molecule has 0 spiro atoms. The average molecular weight is 114 g/mol. The van der Waals surface area contributed by atoms with E-state index in [2.05, 4.69) is 6.58 Å². The molecule has 1 unspecified atom stereocenters. The molecule has 46 valence electrons. The van der Waals surface area contributed by atoms with Crippen molar-refractivity contribution in [2.45, 2.75) is 12.7 Å². The third-order valence-corrected chi connectivity index (χ3v) is 1.13. The molecule has 0 bridgehead atoms. The van der Waals surface area contributed by atoms with Crippen molar-refractivity contribution in [2.75, 3.05) is 13.2 Å². The van der Waals surface area contributed by atoms with E-state index in [-0.39, 0.29) is 0 Å². The van der Waals surface area contributed by atoms with Gasteiger partial charge in [-0.3, -0.25) is 0 Å². The van der Waals surface area contributed by atoms with E-state index >= 15 is 0 Å². The maximum Gasteiger partial charge on any atom is 0.212 e. The molecule has 0 aromatic heterocycles. The van der Waals surface area contributed by atoms with Crippen LogP contribution in [0.15, 0.2) is 12.7 Å². The van der Waals surface area contributed by atoms with Crippen LogP contribution in [-0.2, 0) is 9.47 Å². The topological polar surface area (TPSA) is 21.8 Å². The summed E-state index contributed by atoms with van der Waals surface area (Å²) in [6, 6.07) is 0. The van der Waals surface area contributed by atoms with Gasteiger partial charge < -0.3 is 9.47 Å². The SMILES string of the molecule is C=CC1(OCC)CO1. The molecule has 8 heavy (non-hydrogen) atoms. The summed E-state index contributed by atoms with van der Waals surface area (Å²) in [5.41, 5.74) is 0. The summed E-state index contributed by atoms with van der Waals surface area (Å²) in [6.07, 6.45) is 1.69. The lowest BCUT2D eigenvalue weighted by atomic mass is 10.4. The third-order valence-electron chi connectivity index (χ3n) is 1.13. The second-order valence-corrected chi connectivity index (χ2v) is 1.74. The molecule has 1 fully saturated rings. The van der Waals surface area contributed by atoms with Gasteiger partial charge in [-0.2, -0.15) is 0 Å². The van der Waals surface area contributed by atoms with Gasteiger partial charge in [0.15, 0.2) is 0 Å². The zero-order chi connectivity index (χ0) is 6.04. The van der Waals surface area contributed by atoms with Crippen molar-refractivity contribution < 1.29 is 9.47 Å². The van der Waals surface area contributed by atoms with Crippen LogP contribution in [0.4, 0.5) is 0 Å². The van der Waals surface area contributed by atoms with Crippen LogP contribution in [0, 0.1) is 0 Å². The lowest BCUT2D eigenvalue weighted by molar-refractivity contribution is -0.000192. The molecule has 0 amide bonds. The highest BCUT2D eigenvalue weighted by molar-refractivity contribution is 4.98. The minimum atomic E-state index is -0.394. The molecule has 0 N–H and O–H groups in total. The van der Waals surface area contributed by atoms with E-state index in [9.17, 15) is 0 Å². The average Bonchev–Trinajstić information content (AvgIpc) is 2.50. The van der Waals surface area contributed by atoms with Crippen LogP contribution in [-0.4, -0.2) is 19.0 Å². The molecule has 1 aliphatic rings. The van der Waals surface area contributed by atoms with Gasteiger partial charge in [-0.05, 0) is 13.0 Å². The Bertz CT molecular complexity index is 94.7. The van der Waals surface area contributed by atoms with Crippen molar-refractivity contribution in [1.82, 2.24) is 0 Å². The second-order valence-electron chi connectivity index (χ2n) is 1.74. The van der Waals surface area contributed by atoms with Crippen molar-refractivity contribution in [2.24, 2.45) is 0 Å². The van der Waals surface area contributed by atoms with Gasteiger partial charge in [0.2, 0.25) is 5.79 Å².